The van der Waals surface area contributed by atoms with Crippen LogP contribution in [0.5, 0.6) is 0 Å². The Balaban J connectivity index is 2.08. The van der Waals surface area contributed by atoms with Gasteiger partial charge in [0.25, 0.3) is 0 Å². The Hall–Kier alpha value is -1.03. The molecule has 0 N–H and O–H groups in total. The summed E-state index contributed by atoms with van der Waals surface area (Å²) in [4.78, 5) is 19.0. The minimum absolute atomic E-state index is 0.159. The van der Waals surface area contributed by atoms with Crippen molar-refractivity contribution in [1.82, 2.24) is 9.88 Å². The third kappa shape index (κ3) is 3.54. The molecule has 3 nitrogen and oxygen atoms in total. The molecule has 20 heavy (non-hydrogen) atoms. The smallest absolute Gasteiger partial charge is 0.226 e. The number of nitrogens with zero attached hydrogens (tertiary/aromatic N) is 2. The van der Waals surface area contributed by atoms with Gasteiger partial charge in [0.1, 0.15) is 5.37 Å². The molecule has 1 aliphatic heterocycles. The lowest BCUT2D eigenvalue weighted by molar-refractivity contribution is -0.136. The maximum Gasteiger partial charge on any atom is 0.226 e. The van der Waals surface area contributed by atoms with E-state index in [9.17, 15) is 4.79 Å². The highest BCUT2D eigenvalue weighted by molar-refractivity contribution is 7.99. The van der Waals surface area contributed by atoms with Crippen molar-refractivity contribution in [1.29, 1.82) is 0 Å². The highest BCUT2D eigenvalue weighted by Crippen LogP contribution is 2.38. The van der Waals surface area contributed by atoms with E-state index in [-0.39, 0.29) is 11.3 Å². The van der Waals surface area contributed by atoms with Gasteiger partial charge in [-0.2, -0.15) is 0 Å². The van der Waals surface area contributed by atoms with Gasteiger partial charge >= 0.3 is 0 Å². The molecule has 2 rings (SSSR count). The molecule has 1 fully saturated rings. The van der Waals surface area contributed by atoms with Gasteiger partial charge in [0.15, 0.2) is 0 Å². The maximum atomic E-state index is 12.8. The van der Waals surface area contributed by atoms with Crippen LogP contribution < -0.4 is 0 Å². The SMILES string of the molecule is CCCC[C@@H](CC)C(=O)N1CCS[C@H]1c1cccnc1. The Morgan fingerprint density at radius 3 is 3.05 bits per heavy atom. The van der Waals surface area contributed by atoms with Crippen molar-refractivity contribution in [2.45, 2.75) is 44.9 Å². The van der Waals surface area contributed by atoms with Crippen LogP contribution in [0.25, 0.3) is 0 Å². The van der Waals surface area contributed by atoms with E-state index >= 15 is 0 Å². The minimum Gasteiger partial charge on any atom is -0.325 e. The summed E-state index contributed by atoms with van der Waals surface area (Å²) in [5, 5.41) is 0.159. The average Bonchev–Trinajstić information content (AvgIpc) is 2.98. The minimum atomic E-state index is 0.159. The predicted molar refractivity (Wildman–Crippen MR) is 84.5 cm³/mol. The van der Waals surface area contributed by atoms with Crippen molar-refractivity contribution in [3.8, 4) is 0 Å². The van der Waals surface area contributed by atoms with Gasteiger partial charge in [-0.1, -0.05) is 32.8 Å². The molecule has 0 unspecified atom stereocenters. The van der Waals surface area contributed by atoms with E-state index in [1.807, 2.05) is 24.0 Å². The van der Waals surface area contributed by atoms with Crippen molar-refractivity contribution < 1.29 is 4.79 Å². The first kappa shape index (κ1) is 15.4. The van der Waals surface area contributed by atoms with Gasteiger partial charge in [0.05, 0.1) is 0 Å². The van der Waals surface area contributed by atoms with Gasteiger partial charge < -0.3 is 4.90 Å². The van der Waals surface area contributed by atoms with Crippen LogP contribution in [0.4, 0.5) is 0 Å². The summed E-state index contributed by atoms with van der Waals surface area (Å²) >= 11 is 1.85. The van der Waals surface area contributed by atoms with Gasteiger partial charge in [-0.15, -0.1) is 11.8 Å². The largest absolute Gasteiger partial charge is 0.325 e. The fraction of sp³-hybridized carbons (Fsp3) is 0.625. The Bertz CT molecular complexity index is 424. The molecule has 0 aliphatic carbocycles. The third-order valence-electron chi connectivity index (χ3n) is 3.89. The average molecular weight is 292 g/mol. The van der Waals surface area contributed by atoms with Gasteiger partial charge in [-0.3, -0.25) is 9.78 Å². The van der Waals surface area contributed by atoms with E-state index in [1.165, 1.54) is 0 Å². The molecular formula is C16H24N2OS. The summed E-state index contributed by atoms with van der Waals surface area (Å²) < 4.78 is 0. The van der Waals surface area contributed by atoms with Gasteiger partial charge in [-0.25, -0.2) is 0 Å². The maximum absolute atomic E-state index is 12.8. The van der Waals surface area contributed by atoms with Crippen molar-refractivity contribution in [2.24, 2.45) is 5.92 Å². The Morgan fingerprint density at radius 2 is 2.40 bits per heavy atom. The Morgan fingerprint density at radius 1 is 1.55 bits per heavy atom. The highest BCUT2D eigenvalue weighted by Gasteiger charge is 2.33. The van der Waals surface area contributed by atoms with Crippen LogP contribution in [0.3, 0.4) is 0 Å². The number of pyridine rings is 1. The zero-order valence-corrected chi connectivity index (χ0v) is 13.2. The first-order valence-corrected chi connectivity index (χ1v) is 8.64. The second-order valence-corrected chi connectivity index (χ2v) is 6.48. The number of aromatic nitrogens is 1. The predicted octanol–water partition coefficient (Wildman–Crippen LogP) is 3.87. The quantitative estimate of drug-likeness (QED) is 0.798. The summed E-state index contributed by atoms with van der Waals surface area (Å²) in [5.41, 5.74) is 1.15. The number of thioether (sulfide) groups is 1. The standard InChI is InChI=1S/C16H24N2OS/c1-3-5-7-13(4-2)15(19)18-10-11-20-16(18)14-8-6-9-17-12-14/h6,8-9,12-13,16H,3-5,7,10-11H2,1-2H3/t13-,16+/m1/s1. The van der Waals surface area contributed by atoms with Crippen molar-refractivity contribution in [3.63, 3.8) is 0 Å². The molecule has 1 amide bonds. The zero-order chi connectivity index (χ0) is 14.4. The topological polar surface area (TPSA) is 33.2 Å². The molecule has 4 heteroatoms. The van der Waals surface area contributed by atoms with E-state index in [1.54, 1.807) is 6.20 Å². The first-order chi connectivity index (χ1) is 9.77. The number of rotatable bonds is 6. The van der Waals surface area contributed by atoms with Gasteiger partial charge in [0, 0.05) is 36.2 Å². The van der Waals surface area contributed by atoms with E-state index in [0.29, 0.717) is 5.91 Å². The summed E-state index contributed by atoms with van der Waals surface area (Å²) in [6.45, 7) is 5.17. The number of carbonyl (C=O) groups excluding carboxylic acids is 1. The molecular weight excluding hydrogens is 268 g/mol. The number of unbranched alkanes of at least 4 members (excludes halogenated alkanes) is 1. The monoisotopic (exact) mass is 292 g/mol. The highest BCUT2D eigenvalue weighted by atomic mass is 32.2. The molecule has 2 heterocycles. The lowest BCUT2D eigenvalue weighted by Gasteiger charge is -2.28. The summed E-state index contributed by atoms with van der Waals surface area (Å²) in [6, 6.07) is 4.02. The van der Waals surface area contributed by atoms with Crippen LogP contribution in [0.2, 0.25) is 0 Å². The van der Waals surface area contributed by atoms with E-state index < -0.39 is 0 Å². The van der Waals surface area contributed by atoms with Crippen LogP contribution in [-0.2, 0) is 4.79 Å². The molecule has 1 aliphatic rings. The van der Waals surface area contributed by atoms with Crippen LogP contribution in [0.15, 0.2) is 24.5 Å². The van der Waals surface area contributed by atoms with Gasteiger partial charge in [0.2, 0.25) is 5.91 Å². The van der Waals surface area contributed by atoms with E-state index in [0.717, 1.165) is 43.5 Å². The summed E-state index contributed by atoms with van der Waals surface area (Å²) in [5.74, 6) is 1.54. The number of hydrogen-bond acceptors (Lipinski definition) is 3. The van der Waals surface area contributed by atoms with Crippen LogP contribution >= 0.6 is 11.8 Å². The zero-order valence-electron chi connectivity index (χ0n) is 12.4. The Kier molecular flexibility index (Phi) is 5.89. The second kappa shape index (κ2) is 7.67. The summed E-state index contributed by atoms with van der Waals surface area (Å²) in [6.07, 6.45) is 7.93. The molecule has 110 valence electrons. The third-order valence-corrected chi connectivity index (χ3v) is 5.15. The van der Waals surface area contributed by atoms with Crippen molar-refractivity contribution in [2.75, 3.05) is 12.3 Å². The van der Waals surface area contributed by atoms with Crippen molar-refractivity contribution >= 4 is 17.7 Å². The molecule has 1 aromatic rings. The number of hydrogen-bond donors (Lipinski definition) is 0. The Labute approximate surface area is 126 Å². The normalized spacial score (nSPS) is 20.1. The fourth-order valence-electron chi connectivity index (χ4n) is 2.68. The summed E-state index contributed by atoms with van der Waals surface area (Å²) in [7, 11) is 0. The van der Waals surface area contributed by atoms with Gasteiger partial charge in [-0.05, 0) is 18.9 Å². The number of carbonyl (C=O) groups is 1. The lowest BCUT2D eigenvalue weighted by Crippen LogP contribution is -2.35. The molecule has 1 aromatic heterocycles. The molecule has 0 bridgehead atoms. The van der Waals surface area contributed by atoms with Crippen molar-refractivity contribution in [3.05, 3.63) is 30.1 Å². The molecule has 1 saturated heterocycles. The molecule has 0 radical (unpaired) electrons. The molecule has 2 atom stereocenters. The fourth-order valence-corrected chi connectivity index (χ4v) is 3.93. The van der Waals surface area contributed by atoms with Crippen LogP contribution in [-0.4, -0.2) is 28.1 Å². The van der Waals surface area contributed by atoms with Crippen LogP contribution in [0.1, 0.15) is 50.5 Å². The number of amides is 1. The van der Waals surface area contributed by atoms with E-state index in [2.05, 4.69) is 29.8 Å². The van der Waals surface area contributed by atoms with E-state index in [4.69, 9.17) is 0 Å². The van der Waals surface area contributed by atoms with Crippen LogP contribution in [0, 0.1) is 5.92 Å². The lowest BCUT2D eigenvalue weighted by atomic mass is 9.97. The molecule has 0 saturated carbocycles. The molecule has 0 spiro atoms. The molecule has 0 aromatic carbocycles. The second-order valence-electron chi connectivity index (χ2n) is 5.29. The first-order valence-electron chi connectivity index (χ1n) is 7.60.